The van der Waals surface area contributed by atoms with Crippen LogP contribution in [-0.4, -0.2) is 30.9 Å². The van der Waals surface area contributed by atoms with E-state index in [9.17, 15) is 9.59 Å². The van der Waals surface area contributed by atoms with Crippen molar-refractivity contribution in [1.29, 1.82) is 0 Å². The maximum atomic E-state index is 11.9. The first-order valence-corrected chi connectivity index (χ1v) is 7.86. The second kappa shape index (κ2) is 6.58. The number of rotatable bonds is 4. The van der Waals surface area contributed by atoms with Crippen LogP contribution >= 0.6 is 15.9 Å². The first-order chi connectivity index (χ1) is 9.93. The summed E-state index contributed by atoms with van der Waals surface area (Å²) in [4.78, 5) is 25.4. The molecule has 1 saturated heterocycles. The van der Waals surface area contributed by atoms with Gasteiger partial charge in [0, 0.05) is 16.2 Å². The molecule has 114 valence electrons. The lowest BCUT2D eigenvalue weighted by atomic mass is 10.0. The molecule has 21 heavy (non-hydrogen) atoms. The minimum atomic E-state index is -0.364. The molecular weight excluding hydrogens is 334 g/mol. The Labute approximate surface area is 133 Å². The quantitative estimate of drug-likeness (QED) is 0.812. The van der Waals surface area contributed by atoms with Crippen LogP contribution in [0.1, 0.15) is 32.4 Å². The Bertz CT molecular complexity index is 562. The van der Waals surface area contributed by atoms with Gasteiger partial charge < -0.3 is 10.2 Å². The van der Waals surface area contributed by atoms with Gasteiger partial charge in [0.15, 0.2) is 0 Å². The predicted octanol–water partition coefficient (Wildman–Crippen LogP) is 1.97. The number of halogens is 1. The monoisotopic (exact) mass is 353 g/mol. The predicted molar refractivity (Wildman–Crippen MR) is 86.2 cm³/mol. The van der Waals surface area contributed by atoms with Crippen LogP contribution in [0.4, 0.5) is 5.69 Å². The molecule has 1 aromatic rings. The zero-order valence-electron chi connectivity index (χ0n) is 12.4. The number of hydrogen-bond acceptors (Lipinski definition) is 4. The summed E-state index contributed by atoms with van der Waals surface area (Å²) >= 11 is 3.49. The van der Waals surface area contributed by atoms with Gasteiger partial charge in [-0.15, -0.1) is 0 Å². The van der Waals surface area contributed by atoms with Crippen LogP contribution in [0.25, 0.3) is 0 Å². The molecule has 0 aliphatic carbocycles. The summed E-state index contributed by atoms with van der Waals surface area (Å²) in [5.41, 5.74) is 1.99. The number of hydrogen-bond donors (Lipinski definition) is 2. The van der Waals surface area contributed by atoms with Crippen molar-refractivity contribution in [2.45, 2.75) is 32.9 Å². The summed E-state index contributed by atoms with van der Waals surface area (Å²) in [5.74, 6) is -0.515. The molecule has 0 saturated carbocycles. The fourth-order valence-corrected chi connectivity index (χ4v) is 2.94. The van der Waals surface area contributed by atoms with E-state index < -0.39 is 0 Å². The van der Waals surface area contributed by atoms with Gasteiger partial charge in [-0.05, 0) is 44.2 Å². The molecule has 2 rings (SSSR count). The number of nitrogens with zero attached hydrogens (tertiary/aromatic N) is 1. The maximum Gasteiger partial charge on any atom is 0.249 e. The molecule has 1 aromatic carbocycles. The third kappa shape index (κ3) is 3.44. The van der Waals surface area contributed by atoms with Gasteiger partial charge in [0.2, 0.25) is 11.8 Å². The molecule has 2 N–H and O–H groups in total. The SMILES string of the molecule is CCNC(C)c1cc(Br)ccc1N1CC(=O)NC(=O)C1C. The van der Waals surface area contributed by atoms with E-state index in [1.807, 2.05) is 30.0 Å². The number of amides is 2. The fourth-order valence-electron chi connectivity index (χ4n) is 2.56. The van der Waals surface area contributed by atoms with Crippen LogP contribution < -0.4 is 15.5 Å². The van der Waals surface area contributed by atoms with E-state index in [1.54, 1.807) is 0 Å². The Hall–Kier alpha value is -1.40. The maximum absolute atomic E-state index is 11.9. The van der Waals surface area contributed by atoms with E-state index in [2.05, 4.69) is 40.4 Å². The molecule has 0 radical (unpaired) electrons. The Morgan fingerprint density at radius 3 is 2.86 bits per heavy atom. The van der Waals surface area contributed by atoms with E-state index in [0.29, 0.717) is 0 Å². The van der Waals surface area contributed by atoms with E-state index in [4.69, 9.17) is 0 Å². The number of piperazine rings is 1. The second-order valence-electron chi connectivity index (χ2n) is 5.20. The van der Waals surface area contributed by atoms with Crippen molar-refractivity contribution in [2.24, 2.45) is 0 Å². The lowest BCUT2D eigenvalue weighted by Crippen LogP contribution is -2.57. The number of carbonyl (C=O) groups excluding carboxylic acids is 2. The Morgan fingerprint density at radius 2 is 2.19 bits per heavy atom. The van der Waals surface area contributed by atoms with Gasteiger partial charge in [-0.1, -0.05) is 22.9 Å². The Morgan fingerprint density at radius 1 is 1.48 bits per heavy atom. The molecule has 0 spiro atoms. The summed E-state index contributed by atoms with van der Waals surface area (Å²) in [6.45, 7) is 6.98. The van der Waals surface area contributed by atoms with Crippen molar-refractivity contribution in [2.75, 3.05) is 18.0 Å². The highest BCUT2D eigenvalue weighted by Gasteiger charge is 2.32. The minimum absolute atomic E-state index is 0.134. The third-order valence-electron chi connectivity index (χ3n) is 3.70. The number of imide groups is 1. The highest BCUT2D eigenvalue weighted by atomic mass is 79.9. The minimum Gasteiger partial charge on any atom is -0.350 e. The summed E-state index contributed by atoms with van der Waals surface area (Å²) in [7, 11) is 0. The zero-order chi connectivity index (χ0) is 15.6. The van der Waals surface area contributed by atoms with Crippen molar-refractivity contribution in [3.63, 3.8) is 0 Å². The molecular formula is C15H20BrN3O2. The average Bonchev–Trinajstić information content (AvgIpc) is 2.43. The van der Waals surface area contributed by atoms with E-state index in [1.165, 1.54) is 0 Å². The van der Waals surface area contributed by atoms with Gasteiger partial charge in [0.1, 0.15) is 6.04 Å². The molecule has 2 atom stereocenters. The summed E-state index contributed by atoms with van der Waals surface area (Å²) in [6.07, 6.45) is 0. The van der Waals surface area contributed by atoms with Crippen molar-refractivity contribution in [1.82, 2.24) is 10.6 Å². The first kappa shape index (κ1) is 16.0. The van der Waals surface area contributed by atoms with Gasteiger partial charge in [0.05, 0.1) is 6.54 Å². The second-order valence-corrected chi connectivity index (χ2v) is 6.11. The van der Waals surface area contributed by atoms with Gasteiger partial charge in [0.25, 0.3) is 0 Å². The zero-order valence-corrected chi connectivity index (χ0v) is 14.0. The van der Waals surface area contributed by atoms with Gasteiger partial charge in [-0.3, -0.25) is 14.9 Å². The third-order valence-corrected chi connectivity index (χ3v) is 4.19. The molecule has 0 bridgehead atoms. The van der Waals surface area contributed by atoms with Gasteiger partial charge >= 0.3 is 0 Å². The topological polar surface area (TPSA) is 61.4 Å². The fraction of sp³-hybridized carbons (Fsp3) is 0.467. The standard InChI is InChI=1S/C15H20BrN3O2/c1-4-17-9(2)12-7-11(16)5-6-13(12)19-8-14(20)18-15(21)10(19)3/h5-7,9-10,17H,4,8H2,1-3H3,(H,18,20,21). The van der Waals surface area contributed by atoms with Crippen LogP contribution in [0.3, 0.4) is 0 Å². The summed E-state index contributed by atoms with van der Waals surface area (Å²) in [6, 6.07) is 5.69. The number of carbonyl (C=O) groups is 2. The lowest BCUT2D eigenvalue weighted by molar-refractivity contribution is -0.132. The summed E-state index contributed by atoms with van der Waals surface area (Å²) < 4.78 is 0.978. The molecule has 2 unspecified atom stereocenters. The van der Waals surface area contributed by atoms with Crippen molar-refractivity contribution in [3.8, 4) is 0 Å². The van der Waals surface area contributed by atoms with Crippen molar-refractivity contribution in [3.05, 3.63) is 28.2 Å². The van der Waals surface area contributed by atoms with Crippen LogP contribution in [0.2, 0.25) is 0 Å². The highest BCUT2D eigenvalue weighted by Crippen LogP contribution is 2.31. The number of benzene rings is 1. The van der Waals surface area contributed by atoms with Crippen LogP contribution in [0.15, 0.2) is 22.7 Å². The molecule has 5 nitrogen and oxygen atoms in total. The van der Waals surface area contributed by atoms with E-state index in [0.717, 1.165) is 22.3 Å². The molecule has 1 fully saturated rings. The molecule has 1 heterocycles. The number of nitrogens with one attached hydrogen (secondary N) is 2. The average molecular weight is 354 g/mol. The molecule has 2 amide bonds. The highest BCUT2D eigenvalue weighted by molar-refractivity contribution is 9.10. The van der Waals surface area contributed by atoms with E-state index >= 15 is 0 Å². The van der Waals surface area contributed by atoms with Gasteiger partial charge in [-0.25, -0.2) is 0 Å². The Kier molecular flexibility index (Phi) is 5.00. The molecule has 6 heteroatoms. The largest absolute Gasteiger partial charge is 0.350 e. The molecule has 1 aliphatic rings. The molecule has 0 aromatic heterocycles. The number of anilines is 1. The normalized spacial score (nSPS) is 20.4. The smallest absolute Gasteiger partial charge is 0.249 e. The summed E-state index contributed by atoms with van der Waals surface area (Å²) in [5, 5.41) is 5.74. The Balaban J connectivity index is 2.42. The van der Waals surface area contributed by atoms with Crippen LogP contribution in [-0.2, 0) is 9.59 Å². The van der Waals surface area contributed by atoms with Crippen LogP contribution in [0, 0.1) is 0 Å². The lowest BCUT2D eigenvalue weighted by Gasteiger charge is -2.35. The first-order valence-electron chi connectivity index (χ1n) is 7.07. The van der Waals surface area contributed by atoms with Crippen LogP contribution in [0.5, 0.6) is 0 Å². The van der Waals surface area contributed by atoms with E-state index in [-0.39, 0.29) is 30.4 Å². The van der Waals surface area contributed by atoms with Gasteiger partial charge in [-0.2, -0.15) is 0 Å². The molecule has 1 aliphatic heterocycles. The van der Waals surface area contributed by atoms with Crippen molar-refractivity contribution < 1.29 is 9.59 Å². The van der Waals surface area contributed by atoms with Crippen molar-refractivity contribution >= 4 is 33.4 Å².